The second kappa shape index (κ2) is 8.62. The lowest BCUT2D eigenvalue weighted by Gasteiger charge is -2.27. The maximum Gasteiger partial charge on any atom is 0.284 e. The molecule has 14 heteroatoms. The zero-order chi connectivity index (χ0) is 25.4. The van der Waals surface area contributed by atoms with Crippen LogP contribution in [0.3, 0.4) is 0 Å². The Morgan fingerprint density at radius 2 is 1.40 bits per heavy atom. The van der Waals surface area contributed by atoms with Crippen LogP contribution in [0.5, 0.6) is 0 Å². The van der Waals surface area contributed by atoms with Gasteiger partial charge in [0.25, 0.3) is 23.0 Å². The summed E-state index contributed by atoms with van der Waals surface area (Å²) in [6.45, 7) is 0.750. The number of nitro groups is 3. The largest absolute Gasteiger partial charge is 0.378 e. The van der Waals surface area contributed by atoms with Crippen LogP contribution in [0.25, 0.3) is 16.7 Å². The number of hydrogen-bond acceptors (Lipinski definition) is 10. The number of carbonyl (C=O) groups is 1. The van der Waals surface area contributed by atoms with E-state index >= 15 is 0 Å². The van der Waals surface area contributed by atoms with Gasteiger partial charge in [-0.1, -0.05) is 0 Å². The molecule has 2 aliphatic rings. The molecule has 1 saturated heterocycles. The van der Waals surface area contributed by atoms with E-state index in [0.717, 1.165) is 18.2 Å². The minimum absolute atomic E-state index is 0.110. The third-order valence-electron chi connectivity index (χ3n) is 5.63. The van der Waals surface area contributed by atoms with Crippen molar-refractivity contribution in [3.63, 3.8) is 0 Å². The highest BCUT2D eigenvalue weighted by molar-refractivity contribution is 6.14. The molecule has 2 aromatic rings. The number of amides is 1. The van der Waals surface area contributed by atoms with E-state index in [9.17, 15) is 45.7 Å². The molecule has 1 heterocycles. The average molecular weight is 476 g/mol. The summed E-state index contributed by atoms with van der Waals surface area (Å²) in [5.74, 6) is -0.677. The van der Waals surface area contributed by atoms with E-state index in [1.165, 1.54) is 4.90 Å². The van der Waals surface area contributed by atoms with Crippen LogP contribution < -0.4 is 0 Å². The van der Waals surface area contributed by atoms with Crippen molar-refractivity contribution in [2.75, 3.05) is 26.3 Å². The molecule has 1 aliphatic carbocycles. The Morgan fingerprint density at radius 1 is 0.857 bits per heavy atom. The van der Waals surface area contributed by atoms with Crippen molar-refractivity contribution >= 4 is 28.5 Å². The van der Waals surface area contributed by atoms with Crippen molar-refractivity contribution < 1.29 is 24.3 Å². The van der Waals surface area contributed by atoms with Gasteiger partial charge in [0.1, 0.15) is 17.7 Å². The molecular weight excluding hydrogens is 464 g/mol. The Kier molecular flexibility index (Phi) is 5.66. The molecule has 1 fully saturated rings. The summed E-state index contributed by atoms with van der Waals surface area (Å²) in [5.41, 5.74) is -3.80. The minimum Gasteiger partial charge on any atom is -0.378 e. The van der Waals surface area contributed by atoms with E-state index in [4.69, 9.17) is 4.74 Å². The number of allylic oxidation sites excluding steroid dienone is 1. The van der Waals surface area contributed by atoms with Crippen LogP contribution in [0.1, 0.15) is 21.5 Å². The third-order valence-corrected chi connectivity index (χ3v) is 5.63. The summed E-state index contributed by atoms with van der Waals surface area (Å²) in [5, 5.41) is 54.1. The minimum atomic E-state index is -0.888. The van der Waals surface area contributed by atoms with Crippen LogP contribution in [0.4, 0.5) is 17.1 Å². The van der Waals surface area contributed by atoms with Crippen molar-refractivity contribution in [2.24, 2.45) is 0 Å². The number of nitrogens with zero attached hydrogens (tertiary/aromatic N) is 6. The van der Waals surface area contributed by atoms with E-state index in [1.807, 2.05) is 0 Å². The van der Waals surface area contributed by atoms with Gasteiger partial charge >= 0.3 is 0 Å². The summed E-state index contributed by atoms with van der Waals surface area (Å²) < 4.78 is 5.23. The number of ether oxygens (including phenoxy) is 1. The Morgan fingerprint density at radius 3 is 1.91 bits per heavy atom. The number of nitro benzene ring substituents is 3. The number of fused-ring (bicyclic) bond motifs is 3. The standard InChI is InChI=1S/C21H12N6O8/c22-9-11(10-23)18-14-5-12(25(29)30)7-16(21(28)24-1-3-35-4-2-24)19(14)20-15(18)6-13(26(31)32)8-17(20)27(33)34/h5-8H,1-4H2. The average Bonchev–Trinajstić information content (AvgIpc) is 3.18. The number of benzene rings is 2. The first kappa shape index (κ1) is 23.0. The highest BCUT2D eigenvalue weighted by Crippen LogP contribution is 2.53. The predicted octanol–water partition coefficient (Wildman–Crippen LogP) is 2.71. The predicted molar refractivity (Wildman–Crippen MR) is 116 cm³/mol. The van der Waals surface area contributed by atoms with Crippen LogP contribution in [-0.4, -0.2) is 51.9 Å². The highest BCUT2D eigenvalue weighted by Gasteiger charge is 2.40. The zero-order valence-corrected chi connectivity index (χ0v) is 17.6. The fourth-order valence-corrected chi connectivity index (χ4v) is 4.18. The maximum absolute atomic E-state index is 13.4. The van der Waals surface area contributed by atoms with E-state index in [-0.39, 0.29) is 59.7 Å². The van der Waals surface area contributed by atoms with Crippen molar-refractivity contribution in [2.45, 2.75) is 0 Å². The monoisotopic (exact) mass is 476 g/mol. The maximum atomic E-state index is 13.4. The van der Waals surface area contributed by atoms with Crippen LogP contribution in [0.15, 0.2) is 29.8 Å². The molecule has 0 saturated carbocycles. The van der Waals surface area contributed by atoms with Crippen molar-refractivity contribution in [3.8, 4) is 23.3 Å². The summed E-state index contributed by atoms with van der Waals surface area (Å²) in [6.07, 6.45) is 0. The van der Waals surface area contributed by atoms with Gasteiger partial charge in [-0.2, -0.15) is 10.5 Å². The number of nitriles is 2. The number of hydrogen-bond donors (Lipinski definition) is 0. The SMILES string of the molecule is N#CC(C#N)=C1c2cc([N+](=O)[O-])cc(C(=O)N3CCOCC3)c2-c2c1cc([N+](=O)[O-])cc2[N+](=O)[O-]. The second-order valence-corrected chi connectivity index (χ2v) is 7.45. The lowest BCUT2D eigenvalue weighted by Crippen LogP contribution is -2.40. The second-order valence-electron chi connectivity index (χ2n) is 7.45. The summed E-state index contributed by atoms with van der Waals surface area (Å²) in [4.78, 5) is 47.3. The first-order chi connectivity index (χ1) is 16.7. The number of rotatable bonds is 4. The normalized spacial score (nSPS) is 13.8. The van der Waals surface area contributed by atoms with Crippen LogP contribution in [0.2, 0.25) is 0 Å². The Labute approximate surface area is 195 Å². The molecule has 0 spiro atoms. The molecule has 1 amide bonds. The van der Waals surface area contributed by atoms with Crippen LogP contribution >= 0.6 is 0 Å². The van der Waals surface area contributed by atoms with Crippen molar-refractivity contribution in [3.05, 3.63) is 76.9 Å². The number of morpholine rings is 1. The van der Waals surface area contributed by atoms with Gasteiger partial charge in [-0.25, -0.2) is 0 Å². The summed E-state index contributed by atoms with van der Waals surface area (Å²) in [7, 11) is 0. The van der Waals surface area contributed by atoms with Gasteiger partial charge in [-0.15, -0.1) is 0 Å². The molecule has 0 aromatic heterocycles. The Hall–Kier alpha value is -5.21. The van der Waals surface area contributed by atoms with Gasteiger partial charge in [0.2, 0.25) is 0 Å². The van der Waals surface area contributed by atoms with Gasteiger partial charge in [0.05, 0.1) is 45.2 Å². The van der Waals surface area contributed by atoms with Crippen molar-refractivity contribution in [1.29, 1.82) is 10.5 Å². The fourth-order valence-electron chi connectivity index (χ4n) is 4.18. The van der Waals surface area contributed by atoms with E-state index < -0.39 is 43.3 Å². The highest BCUT2D eigenvalue weighted by atomic mass is 16.6. The van der Waals surface area contributed by atoms with Crippen molar-refractivity contribution in [1.82, 2.24) is 4.90 Å². The topological polar surface area (TPSA) is 207 Å². The van der Waals surface area contributed by atoms with E-state index in [0.29, 0.717) is 6.07 Å². The molecule has 2 aromatic carbocycles. The summed E-state index contributed by atoms with van der Waals surface area (Å²) >= 11 is 0. The lowest BCUT2D eigenvalue weighted by molar-refractivity contribution is -0.393. The number of non-ortho nitro benzene ring substituents is 2. The first-order valence-electron chi connectivity index (χ1n) is 9.91. The summed E-state index contributed by atoms with van der Waals surface area (Å²) in [6, 6.07) is 6.87. The van der Waals surface area contributed by atoms with Gasteiger partial charge in [-0.3, -0.25) is 35.1 Å². The van der Waals surface area contributed by atoms with Crippen LogP contribution in [-0.2, 0) is 4.74 Å². The Bertz CT molecular complexity index is 1440. The molecule has 1 aliphatic heterocycles. The first-order valence-corrected chi connectivity index (χ1v) is 9.91. The van der Waals surface area contributed by atoms with Gasteiger partial charge in [0.15, 0.2) is 0 Å². The van der Waals surface area contributed by atoms with Gasteiger partial charge in [0, 0.05) is 53.6 Å². The molecular formula is C21H12N6O8. The molecule has 35 heavy (non-hydrogen) atoms. The van der Waals surface area contributed by atoms with E-state index in [1.54, 1.807) is 12.1 Å². The van der Waals surface area contributed by atoms with Crippen LogP contribution in [0, 0.1) is 53.0 Å². The third kappa shape index (κ3) is 3.69. The molecule has 14 nitrogen and oxygen atoms in total. The molecule has 174 valence electrons. The number of carbonyl (C=O) groups excluding carboxylic acids is 1. The molecule has 4 rings (SSSR count). The lowest BCUT2D eigenvalue weighted by atomic mass is 9.95. The van der Waals surface area contributed by atoms with Gasteiger partial charge < -0.3 is 9.64 Å². The molecule has 0 radical (unpaired) electrons. The molecule has 0 N–H and O–H groups in total. The smallest absolute Gasteiger partial charge is 0.284 e. The van der Waals surface area contributed by atoms with Gasteiger partial charge in [-0.05, 0) is 0 Å². The molecule has 0 atom stereocenters. The molecule has 0 bridgehead atoms. The Balaban J connectivity index is 2.18. The molecule has 0 unspecified atom stereocenters. The fraction of sp³-hybridized carbons (Fsp3) is 0.190. The zero-order valence-electron chi connectivity index (χ0n) is 17.6. The van der Waals surface area contributed by atoms with E-state index in [2.05, 4.69) is 0 Å². The quantitative estimate of drug-likeness (QED) is 0.305.